The van der Waals surface area contributed by atoms with Crippen LogP contribution < -0.4 is 9.47 Å². The summed E-state index contributed by atoms with van der Waals surface area (Å²) in [6.07, 6.45) is 0.260. The second kappa shape index (κ2) is 6.43. The van der Waals surface area contributed by atoms with Gasteiger partial charge in [-0.2, -0.15) is 0 Å². The molecule has 0 radical (unpaired) electrons. The lowest BCUT2D eigenvalue weighted by atomic mass is 9.96. The molecule has 0 saturated carbocycles. The first-order valence-corrected chi connectivity index (χ1v) is 6.05. The minimum atomic E-state index is -1.24. The van der Waals surface area contributed by atoms with Gasteiger partial charge in [-0.25, -0.2) is 4.79 Å². The van der Waals surface area contributed by atoms with E-state index in [4.69, 9.17) is 14.2 Å². The predicted molar refractivity (Wildman–Crippen MR) is 70.9 cm³/mol. The number of hydrogen-bond donors (Lipinski definition) is 1. The molecule has 0 saturated heterocycles. The van der Waals surface area contributed by atoms with Crippen LogP contribution in [0.3, 0.4) is 0 Å². The molecule has 0 aliphatic heterocycles. The van der Waals surface area contributed by atoms with Crippen molar-refractivity contribution < 1.29 is 24.1 Å². The molecule has 0 bridgehead atoms. The van der Waals surface area contributed by atoms with Gasteiger partial charge in [0.2, 0.25) is 0 Å². The molecule has 0 aliphatic rings. The van der Waals surface area contributed by atoms with Crippen LogP contribution in [0.2, 0.25) is 0 Å². The SMILES string of the molecule is CCOC(C)(Cc1ccc(OC)c(OC)c1)C(=O)O. The molecule has 1 aromatic rings. The van der Waals surface area contributed by atoms with E-state index < -0.39 is 11.6 Å². The van der Waals surface area contributed by atoms with Gasteiger partial charge in [-0.15, -0.1) is 0 Å². The number of ether oxygens (including phenoxy) is 3. The number of carbonyl (C=O) groups is 1. The standard InChI is InChI=1S/C14H20O5/c1-5-19-14(2,13(15)16)9-10-6-7-11(17-3)12(8-10)18-4/h6-8H,5,9H2,1-4H3,(H,15,16). The Labute approximate surface area is 113 Å². The van der Waals surface area contributed by atoms with Gasteiger partial charge in [-0.05, 0) is 31.5 Å². The summed E-state index contributed by atoms with van der Waals surface area (Å²) in [7, 11) is 3.10. The fourth-order valence-corrected chi connectivity index (χ4v) is 1.89. The van der Waals surface area contributed by atoms with Crippen molar-refractivity contribution in [2.75, 3.05) is 20.8 Å². The van der Waals surface area contributed by atoms with E-state index in [1.807, 2.05) is 6.07 Å². The molecule has 0 fully saturated rings. The topological polar surface area (TPSA) is 65.0 Å². The molecule has 1 aromatic carbocycles. The predicted octanol–water partition coefficient (Wildman–Crippen LogP) is 2.13. The molecule has 0 spiro atoms. The zero-order valence-electron chi connectivity index (χ0n) is 11.7. The van der Waals surface area contributed by atoms with E-state index in [1.165, 1.54) is 0 Å². The van der Waals surface area contributed by atoms with Crippen molar-refractivity contribution in [3.63, 3.8) is 0 Å². The molecule has 0 amide bonds. The van der Waals surface area contributed by atoms with E-state index in [0.717, 1.165) is 5.56 Å². The van der Waals surface area contributed by atoms with Crippen molar-refractivity contribution in [2.45, 2.75) is 25.9 Å². The molecule has 0 aromatic heterocycles. The summed E-state index contributed by atoms with van der Waals surface area (Å²) < 4.78 is 15.7. The van der Waals surface area contributed by atoms with Crippen LogP contribution in [0.4, 0.5) is 0 Å². The van der Waals surface area contributed by atoms with E-state index in [1.54, 1.807) is 40.2 Å². The summed E-state index contributed by atoms with van der Waals surface area (Å²) >= 11 is 0. The van der Waals surface area contributed by atoms with Crippen molar-refractivity contribution in [2.24, 2.45) is 0 Å². The molecular weight excluding hydrogens is 248 g/mol. The van der Waals surface area contributed by atoms with E-state index >= 15 is 0 Å². The molecule has 0 aliphatic carbocycles. The van der Waals surface area contributed by atoms with Crippen LogP contribution in [-0.2, 0) is 16.0 Å². The Morgan fingerprint density at radius 1 is 1.26 bits per heavy atom. The minimum Gasteiger partial charge on any atom is -0.493 e. The Morgan fingerprint density at radius 3 is 2.37 bits per heavy atom. The summed E-state index contributed by atoms with van der Waals surface area (Å²) in [4.78, 5) is 11.3. The summed E-state index contributed by atoms with van der Waals surface area (Å²) in [6.45, 7) is 3.68. The Bertz CT molecular complexity index is 443. The van der Waals surface area contributed by atoms with Crippen LogP contribution in [0, 0.1) is 0 Å². The van der Waals surface area contributed by atoms with Gasteiger partial charge >= 0.3 is 5.97 Å². The van der Waals surface area contributed by atoms with Gasteiger partial charge in [-0.3, -0.25) is 0 Å². The molecule has 1 unspecified atom stereocenters. The first kappa shape index (κ1) is 15.3. The normalized spacial score (nSPS) is 13.7. The van der Waals surface area contributed by atoms with Crippen LogP contribution in [0.5, 0.6) is 11.5 Å². The molecule has 5 nitrogen and oxygen atoms in total. The highest BCUT2D eigenvalue weighted by Gasteiger charge is 2.34. The Hall–Kier alpha value is -1.75. The molecule has 5 heteroatoms. The van der Waals surface area contributed by atoms with Gasteiger partial charge in [0.1, 0.15) is 0 Å². The molecule has 1 atom stereocenters. The number of methoxy groups -OCH3 is 2. The van der Waals surface area contributed by atoms with Gasteiger partial charge in [-0.1, -0.05) is 6.07 Å². The lowest BCUT2D eigenvalue weighted by molar-refractivity contribution is -0.162. The average molecular weight is 268 g/mol. The summed E-state index contributed by atoms with van der Waals surface area (Å²) in [6, 6.07) is 5.32. The second-order valence-electron chi connectivity index (χ2n) is 4.34. The Morgan fingerprint density at radius 2 is 1.89 bits per heavy atom. The highest BCUT2D eigenvalue weighted by molar-refractivity contribution is 5.77. The smallest absolute Gasteiger partial charge is 0.336 e. The van der Waals surface area contributed by atoms with E-state index in [0.29, 0.717) is 18.1 Å². The van der Waals surface area contributed by atoms with Crippen LogP contribution >= 0.6 is 0 Å². The molecule has 1 N–H and O–H groups in total. The van der Waals surface area contributed by atoms with Gasteiger partial charge < -0.3 is 19.3 Å². The molecular formula is C14H20O5. The van der Waals surface area contributed by atoms with Crippen molar-refractivity contribution in [1.29, 1.82) is 0 Å². The highest BCUT2D eigenvalue weighted by atomic mass is 16.5. The van der Waals surface area contributed by atoms with Gasteiger partial charge in [0.25, 0.3) is 0 Å². The lowest BCUT2D eigenvalue weighted by Gasteiger charge is -2.25. The average Bonchev–Trinajstić information content (AvgIpc) is 2.38. The zero-order valence-corrected chi connectivity index (χ0v) is 11.7. The van der Waals surface area contributed by atoms with E-state index in [2.05, 4.69) is 0 Å². The van der Waals surface area contributed by atoms with Crippen LogP contribution in [0.25, 0.3) is 0 Å². The second-order valence-corrected chi connectivity index (χ2v) is 4.34. The van der Waals surface area contributed by atoms with Crippen LogP contribution in [0.1, 0.15) is 19.4 Å². The lowest BCUT2D eigenvalue weighted by Crippen LogP contribution is -2.40. The fourth-order valence-electron chi connectivity index (χ4n) is 1.89. The molecule has 106 valence electrons. The van der Waals surface area contributed by atoms with Gasteiger partial charge in [0.15, 0.2) is 17.1 Å². The highest BCUT2D eigenvalue weighted by Crippen LogP contribution is 2.29. The maximum absolute atomic E-state index is 11.3. The van der Waals surface area contributed by atoms with Crippen molar-refractivity contribution in [3.8, 4) is 11.5 Å². The summed E-state index contributed by atoms with van der Waals surface area (Å²) in [5.74, 6) is 0.202. The third kappa shape index (κ3) is 3.61. The first-order valence-electron chi connectivity index (χ1n) is 6.05. The number of rotatable bonds is 7. The maximum Gasteiger partial charge on any atom is 0.336 e. The Balaban J connectivity index is 3.00. The third-order valence-corrected chi connectivity index (χ3v) is 2.90. The van der Waals surface area contributed by atoms with Crippen LogP contribution in [-0.4, -0.2) is 37.5 Å². The van der Waals surface area contributed by atoms with Crippen molar-refractivity contribution >= 4 is 5.97 Å². The van der Waals surface area contributed by atoms with Gasteiger partial charge in [0, 0.05) is 13.0 Å². The number of benzene rings is 1. The summed E-state index contributed by atoms with van der Waals surface area (Å²) in [5, 5.41) is 9.27. The zero-order chi connectivity index (χ0) is 14.5. The fraction of sp³-hybridized carbons (Fsp3) is 0.500. The van der Waals surface area contributed by atoms with Crippen molar-refractivity contribution in [3.05, 3.63) is 23.8 Å². The van der Waals surface area contributed by atoms with E-state index in [9.17, 15) is 9.90 Å². The Kier molecular flexibility index (Phi) is 5.18. The van der Waals surface area contributed by atoms with Gasteiger partial charge in [0.05, 0.1) is 14.2 Å². The molecule has 1 rings (SSSR count). The van der Waals surface area contributed by atoms with E-state index in [-0.39, 0.29) is 6.42 Å². The number of carboxylic acids is 1. The number of carboxylic acid groups (broad SMARTS) is 1. The number of hydrogen-bond acceptors (Lipinski definition) is 4. The molecule has 19 heavy (non-hydrogen) atoms. The summed E-state index contributed by atoms with van der Waals surface area (Å²) in [5.41, 5.74) is -0.426. The van der Waals surface area contributed by atoms with Crippen molar-refractivity contribution in [1.82, 2.24) is 0 Å². The number of aliphatic carboxylic acids is 1. The van der Waals surface area contributed by atoms with Crippen LogP contribution in [0.15, 0.2) is 18.2 Å². The largest absolute Gasteiger partial charge is 0.493 e. The minimum absolute atomic E-state index is 0.260. The molecule has 0 heterocycles. The monoisotopic (exact) mass is 268 g/mol. The third-order valence-electron chi connectivity index (χ3n) is 2.90. The quantitative estimate of drug-likeness (QED) is 0.820. The first-order chi connectivity index (χ1) is 8.96. The maximum atomic E-state index is 11.3.